The second-order valence-electron chi connectivity index (χ2n) is 17.6. The molecule has 0 saturated heterocycles. The highest BCUT2D eigenvalue weighted by Gasteiger charge is 2.43. The fourth-order valence-corrected chi connectivity index (χ4v) is 19.7. The minimum atomic E-state index is -2.12. The van der Waals surface area contributed by atoms with Crippen LogP contribution < -0.4 is 0 Å². The second kappa shape index (κ2) is 14.9. The lowest BCUT2D eigenvalue weighted by molar-refractivity contribution is 0.838. The van der Waals surface area contributed by atoms with Gasteiger partial charge in [-0.05, 0) is 63.6 Å². The van der Waals surface area contributed by atoms with Crippen molar-refractivity contribution in [1.82, 2.24) is 19.9 Å². The number of benzene rings is 3. The van der Waals surface area contributed by atoms with Gasteiger partial charge in [0.2, 0.25) is 0 Å². The van der Waals surface area contributed by atoms with Crippen molar-refractivity contribution in [2.75, 3.05) is 0 Å². The molecule has 0 aliphatic rings. The summed E-state index contributed by atoms with van der Waals surface area (Å²) in [7, 11) is -5.79. The van der Waals surface area contributed by atoms with Gasteiger partial charge in [0.1, 0.15) is 46.3 Å². The Kier molecular flexibility index (Phi) is 11.3. The summed E-state index contributed by atoms with van der Waals surface area (Å²) in [5, 5.41) is 0. The zero-order valence-electron chi connectivity index (χ0n) is 34.3. The van der Waals surface area contributed by atoms with E-state index in [2.05, 4.69) is 155 Å². The predicted molar refractivity (Wildman–Crippen MR) is 234 cm³/mol. The summed E-state index contributed by atoms with van der Waals surface area (Å²) in [6.45, 7) is 35.1. The first-order valence-corrected chi connectivity index (χ1v) is 27.2. The average molecular weight is 739 g/mol. The van der Waals surface area contributed by atoms with Gasteiger partial charge in [-0.2, -0.15) is 0 Å². The van der Waals surface area contributed by atoms with E-state index >= 15 is 0 Å². The van der Waals surface area contributed by atoms with Crippen LogP contribution in [0.2, 0.25) is 52.9 Å². The van der Waals surface area contributed by atoms with Crippen molar-refractivity contribution in [3.63, 3.8) is 0 Å². The molecule has 0 amide bonds. The van der Waals surface area contributed by atoms with E-state index in [0.717, 1.165) is 60.8 Å². The lowest BCUT2D eigenvalue weighted by Gasteiger charge is -2.38. The van der Waals surface area contributed by atoms with Gasteiger partial charge in [-0.15, -0.1) is 16.6 Å². The van der Waals surface area contributed by atoms with Crippen LogP contribution in [-0.2, 0) is 0 Å². The Morgan fingerprint density at radius 3 is 1.12 bits per heavy atom. The number of hydrogen-bond acceptors (Lipinski definition) is 4. The van der Waals surface area contributed by atoms with E-state index in [1.807, 2.05) is 24.3 Å². The molecule has 0 unspecified atom stereocenters. The van der Waals surface area contributed by atoms with Gasteiger partial charge in [-0.25, -0.2) is 19.9 Å². The molecule has 0 fully saturated rings. The molecule has 0 saturated carbocycles. The van der Waals surface area contributed by atoms with Crippen LogP contribution in [0.5, 0.6) is 0 Å². The van der Waals surface area contributed by atoms with E-state index in [1.165, 1.54) is 0 Å². The van der Waals surface area contributed by atoms with Crippen LogP contribution in [0.3, 0.4) is 0 Å². The van der Waals surface area contributed by atoms with Crippen LogP contribution in [0.25, 0.3) is 44.1 Å². The third-order valence-corrected chi connectivity index (χ3v) is 24.8. The summed E-state index contributed by atoms with van der Waals surface area (Å²) in [5.74, 6) is 11.0. The third-order valence-electron chi connectivity index (χ3n) is 11.3. The van der Waals surface area contributed by atoms with Crippen molar-refractivity contribution in [1.29, 1.82) is 0 Å². The number of fused-ring (bicyclic) bond motifs is 4. The maximum atomic E-state index is 5.43. The van der Waals surface area contributed by atoms with Gasteiger partial charge in [0, 0.05) is 5.56 Å². The SMILES string of the molecule is CC(C)[Si](C#Cc1c2nc3ccccc3nc2c(C#C[Si](C(C)C)(C(C)C)C(C)C)c2nc3cc(C#C[Si](C)(C)C)ccc3nc12)(C(C)C)C(C)C. The molecule has 7 heteroatoms. The molecule has 0 aliphatic carbocycles. The zero-order chi connectivity index (χ0) is 38.3. The molecule has 4 nitrogen and oxygen atoms in total. The van der Waals surface area contributed by atoms with Gasteiger partial charge in [0.25, 0.3) is 0 Å². The number of nitrogens with zero attached hydrogens (tertiary/aromatic N) is 4. The van der Waals surface area contributed by atoms with Crippen LogP contribution in [-0.4, -0.2) is 44.2 Å². The van der Waals surface area contributed by atoms with E-state index in [1.54, 1.807) is 0 Å². The molecule has 0 atom stereocenters. The van der Waals surface area contributed by atoms with Crippen LogP contribution in [0, 0.1) is 34.4 Å². The summed E-state index contributed by atoms with van der Waals surface area (Å²) >= 11 is 0. The Bertz CT molecular complexity index is 2300. The minimum absolute atomic E-state index is 0.482. The van der Waals surface area contributed by atoms with Gasteiger partial charge in [-0.1, -0.05) is 133 Å². The lowest BCUT2D eigenvalue weighted by Crippen LogP contribution is -2.43. The van der Waals surface area contributed by atoms with Crippen LogP contribution in [0.15, 0.2) is 42.5 Å². The molecule has 2 aromatic heterocycles. The molecule has 5 aromatic rings. The lowest BCUT2D eigenvalue weighted by atomic mass is 10.0. The second-order valence-corrected chi connectivity index (χ2v) is 33.5. The Balaban J connectivity index is 2.03. The predicted octanol–water partition coefficient (Wildman–Crippen LogP) is 12.2. The van der Waals surface area contributed by atoms with Crippen molar-refractivity contribution in [2.24, 2.45) is 0 Å². The first kappa shape index (κ1) is 39.4. The van der Waals surface area contributed by atoms with E-state index < -0.39 is 24.2 Å². The van der Waals surface area contributed by atoms with E-state index in [0.29, 0.717) is 33.2 Å². The zero-order valence-corrected chi connectivity index (χ0v) is 37.3. The normalized spacial score (nSPS) is 12.7. The largest absolute Gasteiger partial charge is 0.243 e. The molecule has 0 aliphatic heterocycles. The molecule has 5 rings (SSSR count). The Labute approximate surface area is 316 Å². The van der Waals surface area contributed by atoms with Crippen LogP contribution in [0.1, 0.15) is 99.8 Å². The van der Waals surface area contributed by atoms with Gasteiger partial charge in [-0.3, -0.25) is 0 Å². The van der Waals surface area contributed by atoms with Crippen molar-refractivity contribution in [3.05, 3.63) is 59.2 Å². The Hall–Kier alpha value is -3.81. The first-order chi connectivity index (χ1) is 24.3. The minimum Gasteiger partial charge on any atom is -0.243 e. The number of hydrogen-bond donors (Lipinski definition) is 0. The molecule has 270 valence electrons. The molecule has 0 radical (unpaired) electrons. The summed E-state index contributed by atoms with van der Waals surface area (Å²) in [4.78, 5) is 21.5. The van der Waals surface area contributed by atoms with Gasteiger partial charge >= 0.3 is 0 Å². The molecule has 0 bridgehead atoms. The number of para-hydroxylation sites is 2. The van der Waals surface area contributed by atoms with Crippen molar-refractivity contribution in [3.8, 4) is 34.4 Å². The molecular weight excluding hydrogens is 681 g/mol. The summed E-state index contributed by atoms with van der Waals surface area (Å²) in [6.07, 6.45) is 0. The van der Waals surface area contributed by atoms with Gasteiger partial charge in [0.05, 0.1) is 33.2 Å². The fourth-order valence-electron chi connectivity index (χ4n) is 8.76. The Morgan fingerprint density at radius 2 is 0.769 bits per heavy atom. The van der Waals surface area contributed by atoms with Crippen LogP contribution in [0.4, 0.5) is 0 Å². The van der Waals surface area contributed by atoms with Crippen molar-refractivity contribution < 1.29 is 0 Å². The number of aromatic nitrogens is 4. The standard InChI is InChI=1S/C45H58N4Si3/c1-29(2)51(30(3)4,31(5)6)26-23-36-42-43(47-39-19-17-16-18-38(39)46-42)37(24-27-52(32(7)8,33(9)10)34(11)12)45-44(36)48-40-21-20-35(28-41(40)49-45)22-25-50(13,14)15/h16-21,28-34H,1-15H3. The van der Waals surface area contributed by atoms with Crippen LogP contribution >= 0.6 is 0 Å². The molecule has 0 spiro atoms. The average Bonchev–Trinajstić information content (AvgIpc) is 3.05. The Morgan fingerprint density at radius 1 is 0.423 bits per heavy atom. The molecule has 0 N–H and O–H groups in total. The highest BCUT2D eigenvalue weighted by atomic mass is 28.3. The maximum Gasteiger partial charge on any atom is 0.146 e. The molecular formula is C45H58N4Si3. The highest BCUT2D eigenvalue weighted by Crippen LogP contribution is 2.43. The summed E-state index contributed by atoms with van der Waals surface area (Å²) in [6, 6.07) is 14.3. The molecule has 3 aromatic carbocycles. The number of rotatable bonds is 6. The fraction of sp³-hybridized carbons (Fsp3) is 0.467. The smallest absolute Gasteiger partial charge is 0.146 e. The van der Waals surface area contributed by atoms with Gasteiger partial charge in [0.15, 0.2) is 0 Å². The molecule has 2 heterocycles. The summed E-state index contributed by atoms with van der Waals surface area (Å²) in [5.41, 5.74) is 23.3. The van der Waals surface area contributed by atoms with Crippen molar-refractivity contribution >= 4 is 68.4 Å². The van der Waals surface area contributed by atoms with E-state index in [4.69, 9.17) is 19.9 Å². The van der Waals surface area contributed by atoms with E-state index in [-0.39, 0.29) is 0 Å². The first-order valence-electron chi connectivity index (χ1n) is 19.3. The monoisotopic (exact) mass is 738 g/mol. The van der Waals surface area contributed by atoms with Gasteiger partial charge < -0.3 is 0 Å². The topological polar surface area (TPSA) is 51.6 Å². The van der Waals surface area contributed by atoms with E-state index in [9.17, 15) is 0 Å². The highest BCUT2D eigenvalue weighted by molar-refractivity contribution is 6.91. The van der Waals surface area contributed by atoms with Crippen molar-refractivity contribution in [2.45, 2.75) is 136 Å². The third kappa shape index (κ3) is 7.23. The molecule has 52 heavy (non-hydrogen) atoms. The maximum absolute atomic E-state index is 5.43. The summed E-state index contributed by atoms with van der Waals surface area (Å²) < 4.78 is 0. The quantitative estimate of drug-likeness (QED) is 0.0989.